The topological polar surface area (TPSA) is 150 Å². The molecule has 10 heteroatoms. The van der Waals surface area contributed by atoms with Crippen LogP contribution in [0.15, 0.2) is 54.6 Å². The van der Waals surface area contributed by atoms with Crippen LogP contribution in [0.5, 0.6) is 11.5 Å². The Balaban J connectivity index is 1.83. The number of aromatic hydroxyl groups is 1. The molecule has 10 nitrogen and oxygen atoms in total. The van der Waals surface area contributed by atoms with Gasteiger partial charge in [0.1, 0.15) is 35.4 Å². The van der Waals surface area contributed by atoms with Crippen molar-refractivity contribution in [3.8, 4) is 11.5 Å². The normalized spacial score (nSPS) is 24.9. The maximum absolute atomic E-state index is 13.2. The number of phenolic OH excluding ortho intramolecular Hbond substituents is 1. The van der Waals surface area contributed by atoms with Crippen molar-refractivity contribution in [2.24, 2.45) is 5.92 Å². The Hall–Kier alpha value is -3.41. The van der Waals surface area contributed by atoms with E-state index in [9.17, 15) is 20.1 Å². The van der Waals surface area contributed by atoms with Crippen LogP contribution in [-0.2, 0) is 16.1 Å². The predicted molar refractivity (Wildman–Crippen MR) is 157 cm³/mol. The second-order valence-electron chi connectivity index (χ2n) is 10.0. The number of carbonyl (C=O) groups is 1. The maximum Gasteiger partial charge on any atom is 0.342 e. The van der Waals surface area contributed by atoms with Gasteiger partial charge in [0.25, 0.3) is 0 Å². The molecule has 0 radical (unpaired) electrons. The molecule has 0 fully saturated rings. The second-order valence-corrected chi connectivity index (χ2v) is 10.0. The molecule has 1 aliphatic rings. The van der Waals surface area contributed by atoms with Gasteiger partial charge < -0.3 is 45.3 Å². The summed E-state index contributed by atoms with van der Waals surface area (Å²) in [4.78, 5) is 13.2. The molecule has 1 aliphatic heterocycles. The van der Waals surface area contributed by atoms with Gasteiger partial charge >= 0.3 is 5.97 Å². The van der Waals surface area contributed by atoms with E-state index in [1.807, 2.05) is 31.2 Å². The Morgan fingerprint density at radius 2 is 1.80 bits per heavy atom. The third kappa shape index (κ3) is 9.58. The van der Waals surface area contributed by atoms with Crippen LogP contribution in [0, 0.1) is 5.92 Å². The fraction of sp³-hybridized carbons (Fsp3) is 0.452. The molecule has 0 amide bonds. The lowest BCUT2D eigenvalue weighted by Gasteiger charge is -2.26. The molecule has 6 N–H and O–H groups in total. The Labute approximate surface area is 241 Å². The van der Waals surface area contributed by atoms with Gasteiger partial charge in [-0.2, -0.15) is 0 Å². The summed E-state index contributed by atoms with van der Waals surface area (Å²) in [5, 5.41) is 47.7. The molecule has 0 saturated heterocycles. The average Bonchev–Trinajstić information content (AvgIpc) is 2.96. The van der Waals surface area contributed by atoms with E-state index in [1.165, 1.54) is 6.07 Å². The Morgan fingerprint density at radius 1 is 1.05 bits per heavy atom. The third-order valence-electron chi connectivity index (χ3n) is 6.92. The number of anilines is 1. The molecule has 2 aromatic rings. The highest BCUT2D eigenvalue weighted by molar-refractivity contribution is 5.97. The van der Waals surface area contributed by atoms with Gasteiger partial charge in [0.15, 0.2) is 0 Å². The van der Waals surface area contributed by atoms with Gasteiger partial charge in [-0.15, -0.1) is 0 Å². The number of phenols is 1. The van der Waals surface area contributed by atoms with Gasteiger partial charge in [-0.25, -0.2) is 4.79 Å². The summed E-state index contributed by atoms with van der Waals surface area (Å²) in [5.74, 6) is -0.444. The number of fused-ring (bicyclic) bond motifs is 1. The number of esters is 1. The van der Waals surface area contributed by atoms with Crippen LogP contribution in [0.4, 0.5) is 5.69 Å². The molecule has 41 heavy (non-hydrogen) atoms. The number of aliphatic hydroxyl groups is 3. The van der Waals surface area contributed by atoms with Crippen molar-refractivity contribution in [1.82, 2.24) is 5.32 Å². The minimum absolute atomic E-state index is 0.0148. The number of hydrogen-bond donors (Lipinski definition) is 6. The fourth-order valence-electron chi connectivity index (χ4n) is 4.26. The number of benzene rings is 2. The number of nitrogens with one attached hydrogen (secondary N) is 2. The van der Waals surface area contributed by atoms with Crippen molar-refractivity contribution in [2.45, 2.75) is 51.3 Å². The SMILES string of the molecule is COc1ccc(CO[C@@H]2/C=C\[C@@H](C)[C@H](C)OC(=O)c3c(O)cc(NCCNCCO)cc3/C=C/C[C@H](O)[C@@H]2O)cc1. The summed E-state index contributed by atoms with van der Waals surface area (Å²) in [7, 11) is 1.59. The van der Waals surface area contributed by atoms with Gasteiger partial charge in [0.2, 0.25) is 0 Å². The van der Waals surface area contributed by atoms with E-state index in [0.29, 0.717) is 30.9 Å². The van der Waals surface area contributed by atoms with Gasteiger partial charge in [-0.3, -0.25) is 0 Å². The average molecular weight is 571 g/mol. The van der Waals surface area contributed by atoms with Crippen molar-refractivity contribution in [1.29, 1.82) is 0 Å². The molecule has 224 valence electrons. The van der Waals surface area contributed by atoms with Crippen LogP contribution < -0.4 is 15.4 Å². The van der Waals surface area contributed by atoms with Crippen molar-refractivity contribution < 1.29 is 39.4 Å². The Morgan fingerprint density at radius 3 is 2.51 bits per heavy atom. The number of ether oxygens (including phenoxy) is 3. The lowest BCUT2D eigenvalue weighted by atomic mass is 9.98. The zero-order chi connectivity index (χ0) is 29.8. The van der Waals surface area contributed by atoms with E-state index in [2.05, 4.69) is 10.6 Å². The first-order chi connectivity index (χ1) is 19.7. The van der Waals surface area contributed by atoms with Crippen molar-refractivity contribution in [3.63, 3.8) is 0 Å². The molecule has 0 aromatic heterocycles. The largest absolute Gasteiger partial charge is 0.507 e. The molecular formula is C31H42N2O8. The van der Waals surface area contributed by atoms with E-state index >= 15 is 0 Å². The molecular weight excluding hydrogens is 528 g/mol. The quantitative estimate of drug-likeness (QED) is 0.143. The van der Waals surface area contributed by atoms with E-state index in [1.54, 1.807) is 44.4 Å². The zero-order valence-electron chi connectivity index (χ0n) is 23.8. The highest BCUT2D eigenvalue weighted by Crippen LogP contribution is 2.30. The Bertz CT molecular complexity index is 1170. The standard InChI is InChI=1S/C31H42N2O8/c1-20-7-12-28(40-19-22-8-10-25(39-3)11-9-22)30(37)26(35)6-4-5-23-17-24(33-14-13-32-15-16-34)18-27(36)29(23)31(38)41-21(20)2/h4-5,7-12,17-18,20-21,26,28,30,32-37H,6,13-16,19H2,1-3H3/b5-4+,12-7-/t20-,21+,26+,28-,30+/m1/s1. The van der Waals surface area contributed by atoms with Gasteiger partial charge in [0, 0.05) is 37.3 Å². The first kappa shape index (κ1) is 32.1. The number of cyclic esters (lactones) is 1. The van der Waals surface area contributed by atoms with E-state index in [4.69, 9.17) is 19.3 Å². The third-order valence-corrected chi connectivity index (χ3v) is 6.92. The van der Waals surface area contributed by atoms with Crippen LogP contribution in [0.3, 0.4) is 0 Å². The molecule has 0 spiro atoms. The summed E-state index contributed by atoms with van der Waals surface area (Å²) in [6, 6.07) is 10.5. The molecule has 2 aromatic carbocycles. The highest BCUT2D eigenvalue weighted by Gasteiger charge is 2.27. The lowest BCUT2D eigenvalue weighted by Crippen LogP contribution is -2.38. The molecule has 0 saturated carbocycles. The maximum atomic E-state index is 13.2. The van der Waals surface area contributed by atoms with Gasteiger partial charge in [-0.05, 0) is 42.7 Å². The summed E-state index contributed by atoms with van der Waals surface area (Å²) in [6.45, 7) is 5.44. The van der Waals surface area contributed by atoms with E-state index < -0.39 is 30.4 Å². The van der Waals surface area contributed by atoms with Crippen LogP contribution in [-0.4, -0.2) is 84.2 Å². The number of aliphatic hydroxyl groups excluding tert-OH is 3. The molecule has 0 bridgehead atoms. The van der Waals surface area contributed by atoms with Gasteiger partial charge in [0.05, 0.1) is 26.4 Å². The van der Waals surface area contributed by atoms with E-state index in [0.717, 1.165) is 11.3 Å². The summed E-state index contributed by atoms with van der Waals surface area (Å²) >= 11 is 0. The van der Waals surface area contributed by atoms with E-state index in [-0.39, 0.29) is 36.9 Å². The van der Waals surface area contributed by atoms with Crippen LogP contribution in [0.2, 0.25) is 0 Å². The monoisotopic (exact) mass is 570 g/mol. The molecule has 5 atom stereocenters. The summed E-state index contributed by atoms with van der Waals surface area (Å²) in [6.07, 6.45) is 3.02. The number of rotatable bonds is 10. The first-order valence-electron chi connectivity index (χ1n) is 13.8. The van der Waals surface area contributed by atoms with Crippen molar-refractivity contribution in [3.05, 3.63) is 71.3 Å². The number of carbonyl (C=O) groups excluding carboxylic acids is 1. The van der Waals surface area contributed by atoms with Crippen LogP contribution in [0.1, 0.15) is 41.8 Å². The predicted octanol–water partition coefficient (Wildman–Crippen LogP) is 2.86. The molecule has 1 heterocycles. The fourth-order valence-corrected chi connectivity index (χ4v) is 4.26. The molecule has 0 aliphatic carbocycles. The minimum atomic E-state index is -1.23. The summed E-state index contributed by atoms with van der Waals surface area (Å²) < 4.78 is 16.9. The summed E-state index contributed by atoms with van der Waals surface area (Å²) in [5.41, 5.74) is 1.88. The molecule has 0 unspecified atom stereocenters. The Kier molecular flexibility index (Phi) is 12.6. The number of hydrogen-bond acceptors (Lipinski definition) is 10. The van der Waals surface area contributed by atoms with Crippen LogP contribution >= 0.6 is 0 Å². The lowest BCUT2D eigenvalue weighted by molar-refractivity contribution is -0.0741. The smallest absolute Gasteiger partial charge is 0.342 e. The van der Waals surface area contributed by atoms with Crippen molar-refractivity contribution >= 4 is 17.7 Å². The number of methoxy groups -OCH3 is 1. The minimum Gasteiger partial charge on any atom is -0.507 e. The second kappa shape index (κ2) is 16.1. The van der Waals surface area contributed by atoms with Crippen molar-refractivity contribution in [2.75, 3.05) is 38.7 Å². The molecule has 3 rings (SSSR count). The first-order valence-corrected chi connectivity index (χ1v) is 13.8. The van der Waals surface area contributed by atoms with Gasteiger partial charge in [-0.1, -0.05) is 43.4 Å². The highest BCUT2D eigenvalue weighted by atomic mass is 16.5. The zero-order valence-corrected chi connectivity index (χ0v) is 23.8. The van der Waals surface area contributed by atoms with Crippen LogP contribution in [0.25, 0.3) is 6.08 Å².